The summed E-state index contributed by atoms with van der Waals surface area (Å²) in [5, 5.41) is 2.91. The Bertz CT molecular complexity index is 1390. The molecule has 38 heavy (non-hydrogen) atoms. The molecule has 8 nitrogen and oxygen atoms in total. The Morgan fingerprint density at radius 3 is 2.39 bits per heavy atom. The molecule has 0 atom stereocenters. The second-order valence-electron chi connectivity index (χ2n) is 9.44. The molecule has 0 saturated carbocycles. The van der Waals surface area contributed by atoms with Gasteiger partial charge in [-0.05, 0) is 73.7 Å². The van der Waals surface area contributed by atoms with Crippen LogP contribution in [0.3, 0.4) is 0 Å². The number of hydrogen-bond donors (Lipinski definition) is 1. The Labute approximate surface area is 225 Å². The predicted molar refractivity (Wildman–Crippen MR) is 150 cm³/mol. The first kappa shape index (κ1) is 27.3. The molecule has 0 radical (unpaired) electrons. The molecule has 1 aliphatic heterocycles. The van der Waals surface area contributed by atoms with Crippen LogP contribution in [0.1, 0.15) is 23.1 Å². The van der Waals surface area contributed by atoms with Gasteiger partial charge in [-0.25, -0.2) is 8.42 Å². The van der Waals surface area contributed by atoms with Crippen LogP contribution in [0.15, 0.2) is 65.6 Å². The van der Waals surface area contributed by atoms with Gasteiger partial charge >= 0.3 is 0 Å². The van der Waals surface area contributed by atoms with Crippen LogP contribution in [-0.4, -0.2) is 54.7 Å². The normalized spacial score (nSPS) is 12.7. The summed E-state index contributed by atoms with van der Waals surface area (Å²) in [5.41, 5.74) is 4.83. The van der Waals surface area contributed by atoms with Crippen molar-refractivity contribution in [1.29, 1.82) is 0 Å². The van der Waals surface area contributed by atoms with E-state index in [-0.39, 0.29) is 17.3 Å². The first-order valence-corrected chi connectivity index (χ1v) is 14.1. The van der Waals surface area contributed by atoms with Crippen molar-refractivity contribution in [2.45, 2.75) is 31.6 Å². The van der Waals surface area contributed by atoms with Gasteiger partial charge in [-0.15, -0.1) is 0 Å². The van der Waals surface area contributed by atoms with Gasteiger partial charge in [-0.1, -0.05) is 24.3 Å². The lowest BCUT2D eigenvalue weighted by Crippen LogP contribution is -2.41. The quantitative estimate of drug-likeness (QED) is 0.371. The van der Waals surface area contributed by atoms with Crippen LogP contribution in [0.5, 0.6) is 11.5 Å². The van der Waals surface area contributed by atoms with Crippen molar-refractivity contribution >= 4 is 27.3 Å². The standard InChI is InChI=1S/C29H35N3O5S/c1-21-16-22(2)18-24(17-21)32(38(34,35)25-10-11-27(36-3)28(19-25)37-4)20-29(33)30-13-7-14-31-15-12-23-8-5-6-9-26(23)31/h5-6,8-11,16-19H,7,12-15,20H2,1-4H3,(H,30,33). The Morgan fingerprint density at radius 1 is 0.974 bits per heavy atom. The van der Waals surface area contributed by atoms with Gasteiger partial charge in [-0.2, -0.15) is 0 Å². The van der Waals surface area contributed by atoms with Crippen LogP contribution in [0.25, 0.3) is 0 Å². The van der Waals surface area contributed by atoms with E-state index in [1.54, 1.807) is 18.2 Å². The van der Waals surface area contributed by atoms with Crippen molar-refractivity contribution in [1.82, 2.24) is 5.32 Å². The van der Waals surface area contributed by atoms with Gasteiger partial charge < -0.3 is 19.7 Å². The average molecular weight is 538 g/mol. The number of carbonyl (C=O) groups is 1. The maximum Gasteiger partial charge on any atom is 0.264 e. The minimum atomic E-state index is -4.09. The highest BCUT2D eigenvalue weighted by Gasteiger charge is 2.29. The van der Waals surface area contributed by atoms with Gasteiger partial charge in [0.15, 0.2) is 11.5 Å². The van der Waals surface area contributed by atoms with E-state index >= 15 is 0 Å². The first-order valence-electron chi connectivity index (χ1n) is 12.7. The number of sulfonamides is 1. The van der Waals surface area contributed by atoms with Gasteiger partial charge in [0.25, 0.3) is 10.0 Å². The van der Waals surface area contributed by atoms with E-state index in [1.165, 1.54) is 37.6 Å². The number of para-hydroxylation sites is 1. The number of methoxy groups -OCH3 is 2. The highest BCUT2D eigenvalue weighted by atomic mass is 32.2. The number of fused-ring (bicyclic) bond motifs is 1. The van der Waals surface area contributed by atoms with E-state index in [1.807, 2.05) is 26.0 Å². The first-order chi connectivity index (χ1) is 18.2. The van der Waals surface area contributed by atoms with E-state index in [0.717, 1.165) is 41.4 Å². The molecule has 1 heterocycles. The molecule has 3 aromatic carbocycles. The predicted octanol–water partition coefficient (Wildman–Crippen LogP) is 4.08. The van der Waals surface area contributed by atoms with Crippen LogP contribution >= 0.6 is 0 Å². The van der Waals surface area contributed by atoms with Crippen LogP contribution in [0.4, 0.5) is 11.4 Å². The zero-order valence-electron chi connectivity index (χ0n) is 22.4. The molecule has 4 rings (SSSR count). The topological polar surface area (TPSA) is 88.2 Å². The van der Waals surface area contributed by atoms with Gasteiger partial charge in [-0.3, -0.25) is 9.10 Å². The molecular formula is C29H35N3O5S. The minimum absolute atomic E-state index is 0.00908. The van der Waals surface area contributed by atoms with E-state index in [4.69, 9.17) is 9.47 Å². The number of rotatable bonds is 11. The second-order valence-corrected chi connectivity index (χ2v) is 11.3. The molecule has 0 aromatic heterocycles. The van der Waals surface area contributed by atoms with Crippen molar-refractivity contribution in [3.8, 4) is 11.5 Å². The van der Waals surface area contributed by atoms with Crippen molar-refractivity contribution < 1.29 is 22.7 Å². The third-order valence-electron chi connectivity index (χ3n) is 6.63. The molecule has 1 aliphatic rings. The average Bonchev–Trinajstić information content (AvgIpc) is 3.31. The van der Waals surface area contributed by atoms with Crippen LogP contribution in [0.2, 0.25) is 0 Å². The Hall–Kier alpha value is -3.72. The highest BCUT2D eigenvalue weighted by Crippen LogP contribution is 2.33. The molecule has 0 unspecified atom stereocenters. The summed E-state index contributed by atoms with van der Waals surface area (Å²) in [6, 6.07) is 18.3. The molecule has 0 saturated heterocycles. The van der Waals surface area contributed by atoms with Gasteiger partial charge in [0.05, 0.1) is 24.8 Å². The third-order valence-corrected chi connectivity index (χ3v) is 8.40. The van der Waals surface area contributed by atoms with E-state index in [2.05, 4.69) is 28.4 Å². The van der Waals surface area contributed by atoms with Crippen LogP contribution in [0, 0.1) is 13.8 Å². The third kappa shape index (κ3) is 6.05. The molecule has 0 aliphatic carbocycles. The SMILES string of the molecule is COc1ccc(S(=O)(=O)N(CC(=O)NCCCN2CCc3ccccc32)c2cc(C)cc(C)c2)cc1OC. The van der Waals surface area contributed by atoms with Crippen molar-refractivity contribution in [2.75, 3.05) is 49.6 Å². The number of amides is 1. The number of hydrogen-bond acceptors (Lipinski definition) is 6. The van der Waals surface area contributed by atoms with Gasteiger partial charge in [0.1, 0.15) is 6.54 Å². The lowest BCUT2D eigenvalue weighted by atomic mass is 10.1. The Morgan fingerprint density at radius 2 is 1.68 bits per heavy atom. The zero-order valence-corrected chi connectivity index (χ0v) is 23.2. The number of carbonyl (C=O) groups excluding carboxylic acids is 1. The minimum Gasteiger partial charge on any atom is -0.493 e. The molecule has 1 N–H and O–H groups in total. The largest absolute Gasteiger partial charge is 0.493 e. The molecule has 3 aromatic rings. The summed E-state index contributed by atoms with van der Waals surface area (Å²) in [7, 11) is -1.15. The maximum absolute atomic E-state index is 13.8. The summed E-state index contributed by atoms with van der Waals surface area (Å²) in [5.74, 6) is 0.347. The summed E-state index contributed by atoms with van der Waals surface area (Å²) >= 11 is 0. The number of aryl methyl sites for hydroxylation is 2. The Balaban J connectivity index is 1.49. The fourth-order valence-electron chi connectivity index (χ4n) is 4.84. The lowest BCUT2D eigenvalue weighted by Gasteiger charge is -2.25. The van der Waals surface area contributed by atoms with E-state index in [9.17, 15) is 13.2 Å². The number of nitrogens with one attached hydrogen (secondary N) is 1. The molecule has 1 amide bonds. The molecule has 0 bridgehead atoms. The number of benzene rings is 3. The van der Waals surface area contributed by atoms with Crippen LogP contribution in [-0.2, 0) is 21.2 Å². The number of ether oxygens (including phenoxy) is 2. The fraction of sp³-hybridized carbons (Fsp3) is 0.345. The summed E-state index contributed by atoms with van der Waals surface area (Å²) in [6.07, 6.45) is 1.79. The highest BCUT2D eigenvalue weighted by molar-refractivity contribution is 7.92. The van der Waals surface area contributed by atoms with E-state index < -0.39 is 10.0 Å². The molecule has 0 spiro atoms. The fourth-order valence-corrected chi connectivity index (χ4v) is 6.26. The summed E-state index contributed by atoms with van der Waals surface area (Å²) < 4.78 is 39.4. The lowest BCUT2D eigenvalue weighted by molar-refractivity contribution is -0.119. The monoisotopic (exact) mass is 537 g/mol. The van der Waals surface area contributed by atoms with E-state index in [0.29, 0.717) is 23.7 Å². The van der Waals surface area contributed by atoms with Gasteiger partial charge in [0.2, 0.25) is 5.91 Å². The van der Waals surface area contributed by atoms with Crippen LogP contribution < -0.4 is 24.0 Å². The number of anilines is 2. The Kier molecular flexibility index (Phi) is 8.46. The van der Waals surface area contributed by atoms with Gasteiger partial charge in [0, 0.05) is 31.4 Å². The number of nitrogens with zero attached hydrogens (tertiary/aromatic N) is 2. The molecule has 9 heteroatoms. The van der Waals surface area contributed by atoms with Crippen molar-refractivity contribution in [3.63, 3.8) is 0 Å². The summed E-state index contributed by atoms with van der Waals surface area (Å²) in [6.45, 7) is 5.70. The second kappa shape index (κ2) is 11.8. The molecular weight excluding hydrogens is 502 g/mol. The zero-order chi connectivity index (χ0) is 27.3. The summed E-state index contributed by atoms with van der Waals surface area (Å²) in [4.78, 5) is 15.4. The molecule has 202 valence electrons. The van der Waals surface area contributed by atoms with Crippen molar-refractivity contribution in [3.05, 3.63) is 77.4 Å². The smallest absolute Gasteiger partial charge is 0.264 e. The maximum atomic E-state index is 13.8. The van der Waals surface area contributed by atoms with Crippen molar-refractivity contribution in [2.24, 2.45) is 0 Å². The molecule has 0 fully saturated rings.